The Morgan fingerprint density at radius 3 is 2.67 bits per heavy atom. The molecule has 4 heteroatoms. The number of hydrogen-bond donors (Lipinski definition) is 2. The molecule has 0 aliphatic carbocycles. The van der Waals surface area contributed by atoms with Crippen LogP contribution in [0.4, 0.5) is 0 Å². The Balaban J connectivity index is 3.26. The summed E-state index contributed by atoms with van der Waals surface area (Å²) in [5.74, 6) is -0.361. The molecule has 0 bridgehead atoms. The summed E-state index contributed by atoms with van der Waals surface area (Å²) < 4.78 is 4.76. The zero-order valence-corrected chi connectivity index (χ0v) is 7.30. The highest BCUT2D eigenvalue weighted by atomic mass is 16.5. The molecule has 0 unspecified atom stereocenters. The van der Waals surface area contributed by atoms with Crippen LogP contribution in [-0.4, -0.2) is 30.0 Å². The highest BCUT2D eigenvalue weighted by molar-refractivity contribution is 5.95. The van der Waals surface area contributed by atoms with Gasteiger partial charge in [-0.2, -0.15) is 0 Å². The predicted molar refractivity (Wildman–Crippen MR) is 45.3 cm³/mol. The van der Waals surface area contributed by atoms with Gasteiger partial charge in [0.25, 0.3) is 0 Å². The fourth-order valence-electron chi connectivity index (χ4n) is 0.667. The molecular formula is C8H15NO3. The molecule has 0 aromatic carbocycles. The third-order valence-corrected chi connectivity index (χ3v) is 1.23. The van der Waals surface area contributed by atoms with Crippen LogP contribution in [0.5, 0.6) is 0 Å². The second kappa shape index (κ2) is 6.79. The Morgan fingerprint density at radius 2 is 2.17 bits per heavy atom. The molecule has 0 amide bonds. The topological polar surface area (TPSA) is 70.4 Å². The van der Waals surface area contributed by atoms with Crippen molar-refractivity contribution in [3.63, 3.8) is 0 Å². The van der Waals surface area contributed by atoms with Gasteiger partial charge in [-0.3, -0.25) is 4.79 Å². The van der Waals surface area contributed by atoms with Gasteiger partial charge in [0.15, 0.2) is 0 Å². The van der Waals surface area contributed by atoms with Crippen molar-refractivity contribution in [1.82, 2.24) is 0 Å². The summed E-state index contributed by atoms with van der Waals surface area (Å²) in [5, 5.41) is 15.4. The third-order valence-electron chi connectivity index (χ3n) is 1.23. The van der Waals surface area contributed by atoms with E-state index in [-0.39, 0.29) is 19.0 Å². The standard InChI is InChI=1S/C8H15NO3/c1-7(9)6-8(11)12-5-3-2-4-10/h9-10H,2-6H2,1H3. The molecule has 0 aliphatic heterocycles. The Morgan fingerprint density at radius 1 is 1.50 bits per heavy atom. The number of carbonyl (C=O) groups is 1. The monoisotopic (exact) mass is 173 g/mol. The lowest BCUT2D eigenvalue weighted by atomic mass is 10.3. The third kappa shape index (κ3) is 7.21. The summed E-state index contributed by atoms with van der Waals surface area (Å²) >= 11 is 0. The van der Waals surface area contributed by atoms with Crippen LogP contribution in [0.1, 0.15) is 26.2 Å². The van der Waals surface area contributed by atoms with Crippen LogP contribution in [-0.2, 0) is 9.53 Å². The van der Waals surface area contributed by atoms with Gasteiger partial charge in [0.2, 0.25) is 0 Å². The maximum Gasteiger partial charge on any atom is 0.311 e. The summed E-state index contributed by atoms with van der Waals surface area (Å²) in [6.07, 6.45) is 1.40. The molecule has 0 spiro atoms. The fraction of sp³-hybridized carbons (Fsp3) is 0.750. The van der Waals surface area contributed by atoms with E-state index in [1.165, 1.54) is 0 Å². The quantitative estimate of drug-likeness (QED) is 0.353. The average molecular weight is 173 g/mol. The van der Waals surface area contributed by atoms with E-state index >= 15 is 0 Å². The Bertz CT molecular complexity index is 156. The number of ether oxygens (including phenoxy) is 1. The summed E-state index contributed by atoms with van der Waals surface area (Å²) in [6, 6.07) is 0. The van der Waals surface area contributed by atoms with Crippen LogP contribution < -0.4 is 0 Å². The lowest BCUT2D eigenvalue weighted by Crippen LogP contribution is -2.09. The van der Waals surface area contributed by atoms with E-state index in [9.17, 15) is 4.79 Å². The lowest BCUT2D eigenvalue weighted by Gasteiger charge is -2.02. The molecule has 12 heavy (non-hydrogen) atoms. The van der Waals surface area contributed by atoms with Gasteiger partial charge in [-0.15, -0.1) is 0 Å². The first-order valence-electron chi connectivity index (χ1n) is 3.97. The first kappa shape index (κ1) is 11.1. The summed E-state index contributed by atoms with van der Waals surface area (Å²) in [7, 11) is 0. The molecule has 2 N–H and O–H groups in total. The van der Waals surface area contributed by atoms with Crippen molar-refractivity contribution in [3.05, 3.63) is 0 Å². The number of aliphatic hydroxyl groups is 1. The van der Waals surface area contributed by atoms with Gasteiger partial charge in [-0.1, -0.05) is 0 Å². The van der Waals surface area contributed by atoms with Crippen LogP contribution in [0.25, 0.3) is 0 Å². The fourth-order valence-corrected chi connectivity index (χ4v) is 0.667. The minimum absolute atomic E-state index is 0.0686. The molecule has 0 saturated carbocycles. The Kier molecular flexibility index (Phi) is 6.28. The minimum Gasteiger partial charge on any atom is -0.465 e. The number of nitrogens with one attached hydrogen (secondary N) is 1. The van der Waals surface area contributed by atoms with Crippen molar-refractivity contribution >= 4 is 11.7 Å². The molecule has 0 fully saturated rings. The van der Waals surface area contributed by atoms with Gasteiger partial charge >= 0.3 is 5.97 Å². The van der Waals surface area contributed by atoms with Crippen molar-refractivity contribution < 1.29 is 14.6 Å². The van der Waals surface area contributed by atoms with E-state index in [2.05, 4.69) is 0 Å². The maximum absolute atomic E-state index is 10.8. The van der Waals surface area contributed by atoms with Gasteiger partial charge in [0.1, 0.15) is 0 Å². The van der Waals surface area contributed by atoms with Crippen molar-refractivity contribution in [2.24, 2.45) is 0 Å². The van der Waals surface area contributed by atoms with E-state index in [1.54, 1.807) is 6.92 Å². The Labute approximate surface area is 72.0 Å². The van der Waals surface area contributed by atoms with Gasteiger partial charge < -0.3 is 15.3 Å². The number of unbranched alkanes of at least 4 members (excludes halogenated alkanes) is 1. The van der Waals surface area contributed by atoms with Crippen LogP contribution in [0.15, 0.2) is 0 Å². The molecule has 4 nitrogen and oxygen atoms in total. The van der Waals surface area contributed by atoms with Gasteiger partial charge in [-0.25, -0.2) is 0 Å². The summed E-state index contributed by atoms with van der Waals surface area (Å²) in [6.45, 7) is 2.03. The molecule has 0 radical (unpaired) electrons. The largest absolute Gasteiger partial charge is 0.465 e. The van der Waals surface area contributed by atoms with Crippen LogP contribution >= 0.6 is 0 Å². The predicted octanol–water partition coefficient (Wildman–Crippen LogP) is 0.732. The zero-order valence-electron chi connectivity index (χ0n) is 7.30. The molecule has 0 saturated heterocycles. The molecule has 0 aromatic heterocycles. The first-order chi connectivity index (χ1) is 5.66. The van der Waals surface area contributed by atoms with Crippen molar-refractivity contribution in [1.29, 1.82) is 5.41 Å². The second-order valence-corrected chi connectivity index (χ2v) is 2.61. The zero-order chi connectivity index (χ0) is 9.40. The van der Waals surface area contributed by atoms with E-state index in [0.29, 0.717) is 25.2 Å². The number of rotatable bonds is 6. The smallest absolute Gasteiger partial charge is 0.311 e. The molecule has 0 heterocycles. The van der Waals surface area contributed by atoms with E-state index in [4.69, 9.17) is 15.3 Å². The van der Waals surface area contributed by atoms with Crippen molar-refractivity contribution in [2.75, 3.05) is 13.2 Å². The SMILES string of the molecule is CC(=N)CC(=O)OCCCCO. The van der Waals surface area contributed by atoms with Crippen LogP contribution in [0.3, 0.4) is 0 Å². The second-order valence-electron chi connectivity index (χ2n) is 2.61. The normalized spacial score (nSPS) is 9.50. The number of aliphatic hydroxyl groups excluding tert-OH is 1. The Hall–Kier alpha value is -0.900. The first-order valence-corrected chi connectivity index (χ1v) is 3.97. The van der Waals surface area contributed by atoms with E-state index in [0.717, 1.165) is 0 Å². The lowest BCUT2D eigenvalue weighted by molar-refractivity contribution is -0.142. The number of esters is 1. The minimum atomic E-state index is -0.361. The molecule has 0 aromatic rings. The van der Waals surface area contributed by atoms with Crippen LogP contribution in [0, 0.1) is 5.41 Å². The van der Waals surface area contributed by atoms with Crippen molar-refractivity contribution in [3.8, 4) is 0 Å². The van der Waals surface area contributed by atoms with Gasteiger partial charge in [-0.05, 0) is 19.8 Å². The number of hydrogen-bond acceptors (Lipinski definition) is 4. The average Bonchev–Trinajstić information content (AvgIpc) is 1.97. The molecular weight excluding hydrogens is 158 g/mol. The van der Waals surface area contributed by atoms with Crippen LogP contribution in [0.2, 0.25) is 0 Å². The maximum atomic E-state index is 10.8. The molecule has 0 rings (SSSR count). The summed E-state index contributed by atoms with van der Waals surface area (Å²) in [4.78, 5) is 10.8. The van der Waals surface area contributed by atoms with Crippen molar-refractivity contribution in [2.45, 2.75) is 26.2 Å². The van der Waals surface area contributed by atoms with E-state index in [1.807, 2.05) is 0 Å². The summed E-state index contributed by atoms with van der Waals surface area (Å²) in [5.41, 5.74) is 0.308. The van der Waals surface area contributed by atoms with Gasteiger partial charge in [0.05, 0.1) is 13.0 Å². The number of carbonyl (C=O) groups excluding carboxylic acids is 1. The molecule has 0 aliphatic rings. The molecule has 70 valence electrons. The molecule has 0 atom stereocenters. The van der Waals surface area contributed by atoms with Gasteiger partial charge in [0, 0.05) is 12.3 Å². The highest BCUT2D eigenvalue weighted by Gasteiger charge is 2.02. The van der Waals surface area contributed by atoms with E-state index < -0.39 is 0 Å². The highest BCUT2D eigenvalue weighted by Crippen LogP contribution is 1.92.